The third-order valence-corrected chi connectivity index (χ3v) is 3.49. The number of hydrogen-bond acceptors (Lipinski definition) is 5. The normalized spacial score (nSPS) is 25.4. The molecule has 1 saturated carbocycles. The minimum atomic E-state index is 0.0639. The summed E-state index contributed by atoms with van der Waals surface area (Å²) in [6.07, 6.45) is 4.67. The second-order valence-corrected chi connectivity index (χ2v) is 4.59. The smallest absolute Gasteiger partial charge is 0.228 e. The fraction of sp³-hybridized carbons (Fsp3) is 0.667. The van der Waals surface area contributed by atoms with E-state index < -0.39 is 0 Å². The molecule has 0 radical (unpaired) electrons. The molecule has 3 N–H and O–H groups in total. The lowest BCUT2D eigenvalue weighted by Crippen LogP contribution is -2.29. The highest BCUT2D eigenvalue weighted by atomic mass is 32.1. The summed E-state index contributed by atoms with van der Waals surface area (Å²) < 4.78 is 3.69. The number of nitrogens with two attached hydrogens (primary N) is 1. The van der Waals surface area contributed by atoms with E-state index in [1.165, 1.54) is 11.5 Å². The number of carbonyl (C=O) groups is 1. The van der Waals surface area contributed by atoms with Crippen LogP contribution in [0.15, 0.2) is 6.20 Å². The maximum absolute atomic E-state index is 11.9. The molecule has 1 amide bonds. The second kappa shape index (κ2) is 4.67. The van der Waals surface area contributed by atoms with E-state index in [2.05, 4.69) is 14.9 Å². The highest BCUT2D eigenvalue weighted by molar-refractivity contribution is 7.10. The van der Waals surface area contributed by atoms with Crippen LogP contribution in [0.5, 0.6) is 0 Å². The van der Waals surface area contributed by atoms with Crippen LogP contribution in [-0.4, -0.2) is 22.0 Å². The van der Waals surface area contributed by atoms with Crippen LogP contribution in [0.25, 0.3) is 0 Å². The van der Waals surface area contributed by atoms with Gasteiger partial charge in [-0.25, -0.2) is 0 Å². The van der Waals surface area contributed by atoms with Crippen molar-refractivity contribution in [1.82, 2.24) is 9.59 Å². The summed E-state index contributed by atoms with van der Waals surface area (Å²) in [5.74, 6) is 0.469. The summed E-state index contributed by atoms with van der Waals surface area (Å²) in [6, 6.07) is 0. The monoisotopic (exact) mass is 226 g/mol. The molecule has 1 aromatic heterocycles. The molecule has 5 nitrogen and oxygen atoms in total. The van der Waals surface area contributed by atoms with Crippen LogP contribution in [0.1, 0.15) is 19.3 Å². The summed E-state index contributed by atoms with van der Waals surface area (Å²) in [5, 5.41) is 7.21. The lowest BCUT2D eigenvalue weighted by atomic mass is 9.95. The van der Waals surface area contributed by atoms with Gasteiger partial charge in [-0.2, -0.15) is 0 Å². The molecule has 2 unspecified atom stereocenters. The van der Waals surface area contributed by atoms with Crippen molar-refractivity contribution in [2.45, 2.75) is 19.3 Å². The minimum absolute atomic E-state index is 0.0639. The third-order valence-electron chi connectivity index (χ3n) is 2.91. The van der Waals surface area contributed by atoms with E-state index in [0.29, 0.717) is 17.5 Å². The standard InChI is InChI=1S/C9H14N4OS/c10-4-6-2-1-3-7(6)9(14)12-8-5-11-13-15-8/h5-7H,1-4,10H2,(H,12,14). The van der Waals surface area contributed by atoms with Crippen LogP contribution in [-0.2, 0) is 4.79 Å². The van der Waals surface area contributed by atoms with Crippen LogP contribution >= 0.6 is 11.5 Å². The Bertz CT molecular complexity index is 327. The first-order valence-electron chi connectivity index (χ1n) is 5.09. The van der Waals surface area contributed by atoms with E-state index in [9.17, 15) is 4.79 Å². The van der Waals surface area contributed by atoms with E-state index >= 15 is 0 Å². The molecule has 0 spiro atoms. The van der Waals surface area contributed by atoms with Gasteiger partial charge in [0.1, 0.15) is 5.00 Å². The molecule has 0 aromatic carbocycles. The Hall–Kier alpha value is -1.01. The minimum Gasteiger partial charge on any atom is -0.330 e. The zero-order valence-electron chi connectivity index (χ0n) is 8.35. The average molecular weight is 226 g/mol. The Balaban J connectivity index is 1.96. The Kier molecular flexibility index (Phi) is 3.27. The van der Waals surface area contributed by atoms with Crippen molar-refractivity contribution in [3.8, 4) is 0 Å². The lowest BCUT2D eigenvalue weighted by Gasteiger charge is -2.16. The van der Waals surface area contributed by atoms with Crippen LogP contribution in [0.2, 0.25) is 0 Å². The molecule has 1 fully saturated rings. The largest absolute Gasteiger partial charge is 0.330 e. The summed E-state index contributed by atoms with van der Waals surface area (Å²) in [5.41, 5.74) is 5.63. The number of aromatic nitrogens is 2. The average Bonchev–Trinajstić information content (AvgIpc) is 2.86. The van der Waals surface area contributed by atoms with Crippen LogP contribution < -0.4 is 11.1 Å². The number of nitrogens with zero attached hydrogens (tertiary/aromatic N) is 2. The number of rotatable bonds is 3. The molecule has 1 aliphatic carbocycles. The molecule has 0 saturated heterocycles. The molecule has 1 heterocycles. The van der Waals surface area contributed by atoms with Gasteiger partial charge in [0.15, 0.2) is 0 Å². The Labute approximate surface area is 92.2 Å². The topological polar surface area (TPSA) is 80.9 Å². The molecule has 2 rings (SSSR count). The first-order valence-corrected chi connectivity index (χ1v) is 5.87. The quantitative estimate of drug-likeness (QED) is 0.800. The van der Waals surface area contributed by atoms with Gasteiger partial charge >= 0.3 is 0 Å². The van der Waals surface area contributed by atoms with Crippen molar-refractivity contribution in [1.29, 1.82) is 0 Å². The van der Waals surface area contributed by atoms with E-state index in [1.807, 2.05) is 0 Å². The number of carbonyl (C=O) groups excluding carboxylic acids is 1. The Morgan fingerprint density at radius 1 is 1.67 bits per heavy atom. The van der Waals surface area contributed by atoms with E-state index in [-0.39, 0.29) is 11.8 Å². The Morgan fingerprint density at radius 2 is 2.53 bits per heavy atom. The molecular formula is C9H14N4OS. The summed E-state index contributed by atoms with van der Waals surface area (Å²) in [4.78, 5) is 11.9. The molecule has 0 bridgehead atoms. The highest BCUT2D eigenvalue weighted by Crippen LogP contribution is 2.31. The van der Waals surface area contributed by atoms with Gasteiger partial charge in [0.25, 0.3) is 0 Å². The van der Waals surface area contributed by atoms with Gasteiger partial charge in [-0.1, -0.05) is 10.9 Å². The van der Waals surface area contributed by atoms with Crippen LogP contribution in [0, 0.1) is 11.8 Å². The predicted octanol–water partition coefficient (Wildman–Crippen LogP) is 0.852. The van der Waals surface area contributed by atoms with Gasteiger partial charge in [0.05, 0.1) is 6.20 Å². The molecule has 6 heteroatoms. The van der Waals surface area contributed by atoms with Gasteiger partial charge < -0.3 is 11.1 Å². The van der Waals surface area contributed by atoms with E-state index in [0.717, 1.165) is 19.3 Å². The number of nitrogens with one attached hydrogen (secondary N) is 1. The van der Waals surface area contributed by atoms with E-state index in [4.69, 9.17) is 5.73 Å². The van der Waals surface area contributed by atoms with Crippen molar-refractivity contribution >= 4 is 22.4 Å². The molecule has 82 valence electrons. The summed E-state index contributed by atoms with van der Waals surface area (Å²) >= 11 is 1.19. The zero-order valence-corrected chi connectivity index (χ0v) is 9.17. The Morgan fingerprint density at radius 3 is 3.20 bits per heavy atom. The summed E-state index contributed by atoms with van der Waals surface area (Å²) in [6.45, 7) is 0.596. The first kappa shape index (κ1) is 10.5. The first-order chi connectivity index (χ1) is 7.31. The fourth-order valence-electron chi connectivity index (χ4n) is 2.10. The number of hydrogen-bond donors (Lipinski definition) is 2. The van der Waals surface area contributed by atoms with Gasteiger partial charge in [-0.05, 0) is 25.3 Å². The van der Waals surface area contributed by atoms with Gasteiger partial charge in [0.2, 0.25) is 5.91 Å². The maximum atomic E-state index is 11.9. The van der Waals surface area contributed by atoms with Gasteiger partial charge in [0, 0.05) is 17.5 Å². The van der Waals surface area contributed by atoms with Crippen LogP contribution in [0.3, 0.4) is 0 Å². The van der Waals surface area contributed by atoms with E-state index in [1.54, 1.807) is 6.20 Å². The zero-order chi connectivity index (χ0) is 10.7. The molecule has 15 heavy (non-hydrogen) atoms. The molecule has 0 aliphatic heterocycles. The number of anilines is 1. The second-order valence-electron chi connectivity index (χ2n) is 3.80. The lowest BCUT2D eigenvalue weighted by molar-refractivity contribution is -0.120. The summed E-state index contributed by atoms with van der Waals surface area (Å²) in [7, 11) is 0. The van der Waals surface area contributed by atoms with Gasteiger partial charge in [-0.3, -0.25) is 4.79 Å². The third kappa shape index (κ3) is 2.32. The van der Waals surface area contributed by atoms with Crippen molar-refractivity contribution in [3.63, 3.8) is 0 Å². The van der Waals surface area contributed by atoms with Crippen molar-refractivity contribution in [2.75, 3.05) is 11.9 Å². The van der Waals surface area contributed by atoms with Gasteiger partial charge in [-0.15, -0.1) is 5.10 Å². The molecular weight excluding hydrogens is 212 g/mol. The molecule has 1 aromatic rings. The molecule has 1 aliphatic rings. The van der Waals surface area contributed by atoms with Crippen molar-refractivity contribution < 1.29 is 4.79 Å². The fourth-order valence-corrected chi connectivity index (χ4v) is 2.52. The maximum Gasteiger partial charge on any atom is 0.228 e. The highest BCUT2D eigenvalue weighted by Gasteiger charge is 2.32. The molecule has 2 atom stereocenters. The SMILES string of the molecule is NCC1CCCC1C(=O)Nc1cnns1. The van der Waals surface area contributed by atoms with Crippen molar-refractivity contribution in [3.05, 3.63) is 6.20 Å². The predicted molar refractivity (Wildman–Crippen MR) is 58.4 cm³/mol. The van der Waals surface area contributed by atoms with Crippen molar-refractivity contribution in [2.24, 2.45) is 17.6 Å². The number of amides is 1. The van der Waals surface area contributed by atoms with Crippen LogP contribution in [0.4, 0.5) is 5.00 Å².